The largest absolute Gasteiger partial charge is 0.416 e. The molecule has 0 unspecified atom stereocenters. The van der Waals surface area contributed by atoms with Crippen molar-refractivity contribution in [2.45, 2.75) is 44.3 Å². The van der Waals surface area contributed by atoms with Crippen LogP contribution in [0.5, 0.6) is 0 Å². The van der Waals surface area contributed by atoms with Gasteiger partial charge in [-0.25, -0.2) is 9.78 Å². The second kappa shape index (κ2) is 9.48. The quantitative estimate of drug-likeness (QED) is 0.497. The zero-order chi connectivity index (χ0) is 23.4. The summed E-state index contributed by atoms with van der Waals surface area (Å²) < 4.78 is 39.6. The van der Waals surface area contributed by atoms with E-state index in [9.17, 15) is 18.0 Å². The molecule has 0 radical (unpaired) electrons. The molecule has 1 saturated carbocycles. The van der Waals surface area contributed by atoms with Gasteiger partial charge in [0.15, 0.2) is 5.82 Å². The number of rotatable bonds is 4. The number of hydrogen-bond acceptors (Lipinski definition) is 4. The summed E-state index contributed by atoms with van der Waals surface area (Å²) in [5, 5.41) is 2.86. The lowest BCUT2D eigenvalue weighted by molar-refractivity contribution is -0.137. The van der Waals surface area contributed by atoms with Gasteiger partial charge in [0, 0.05) is 29.7 Å². The van der Waals surface area contributed by atoms with E-state index in [1.54, 1.807) is 47.6 Å². The molecule has 1 aromatic carbocycles. The van der Waals surface area contributed by atoms with Crippen molar-refractivity contribution in [3.63, 3.8) is 0 Å². The summed E-state index contributed by atoms with van der Waals surface area (Å²) in [6.07, 6.45) is 3.28. The molecule has 33 heavy (non-hydrogen) atoms. The zero-order valence-electron chi connectivity index (χ0n) is 17.8. The molecule has 4 rings (SSSR count). The molecule has 2 heterocycles. The summed E-state index contributed by atoms with van der Waals surface area (Å²) in [7, 11) is 0. The number of benzene rings is 1. The fourth-order valence-corrected chi connectivity index (χ4v) is 4.06. The van der Waals surface area contributed by atoms with Gasteiger partial charge in [0.2, 0.25) is 0 Å². The number of hydrogen-bond donors (Lipinski definition) is 2. The topological polar surface area (TPSA) is 84.1 Å². The molecular formula is C24H24F3N5O. The third-order valence-corrected chi connectivity index (χ3v) is 5.71. The number of carbonyl (C=O) groups is 1. The number of pyridine rings is 2. The lowest BCUT2D eigenvalue weighted by Gasteiger charge is -2.34. The Kier molecular flexibility index (Phi) is 6.48. The molecule has 3 N–H and O–H groups in total. The Balaban J connectivity index is 1.73. The van der Waals surface area contributed by atoms with Crippen molar-refractivity contribution < 1.29 is 18.0 Å². The van der Waals surface area contributed by atoms with E-state index in [0.717, 1.165) is 44.2 Å². The van der Waals surface area contributed by atoms with Crippen LogP contribution in [0.2, 0.25) is 0 Å². The fraction of sp³-hybridized carbons (Fsp3) is 0.292. The Hall–Kier alpha value is -3.62. The van der Waals surface area contributed by atoms with Crippen LogP contribution in [-0.2, 0) is 6.18 Å². The van der Waals surface area contributed by atoms with E-state index in [4.69, 9.17) is 5.73 Å². The van der Waals surface area contributed by atoms with Gasteiger partial charge in [0.25, 0.3) is 0 Å². The third-order valence-electron chi connectivity index (χ3n) is 5.71. The third kappa shape index (κ3) is 5.24. The second-order valence-electron chi connectivity index (χ2n) is 8.02. The van der Waals surface area contributed by atoms with E-state index < -0.39 is 17.8 Å². The fourth-order valence-electron chi connectivity index (χ4n) is 4.06. The minimum atomic E-state index is -4.47. The minimum Gasteiger partial charge on any atom is -0.396 e. The molecular weight excluding hydrogens is 431 g/mol. The van der Waals surface area contributed by atoms with Crippen LogP contribution in [-0.4, -0.2) is 22.0 Å². The summed E-state index contributed by atoms with van der Waals surface area (Å²) >= 11 is 0. The summed E-state index contributed by atoms with van der Waals surface area (Å²) in [5.74, 6) is 0.239. The minimum absolute atomic E-state index is 0.118. The van der Waals surface area contributed by atoms with E-state index >= 15 is 0 Å². The van der Waals surface area contributed by atoms with Crippen LogP contribution in [0.1, 0.15) is 37.7 Å². The molecule has 2 amide bonds. The van der Waals surface area contributed by atoms with E-state index in [1.165, 1.54) is 6.07 Å². The van der Waals surface area contributed by atoms with Crippen LogP contribution < -0.4 is 16.0 Å². The van der Waals surface area contributed by atoms with Crippen LogP contribution >= 0.6 is 0 Å². The summed E-state index contributed by atoms with van der Waals surface area (Å²) in [6.45, 7) is 0. The Labute approximate surface area is 189 Å². The summed E-state index contributed by atoms with van der Waals surface area (Å²) in [6, 6.07) is 10.9. The standard InChI is InChI=1S/C24H24F3N5O/c25-24(26,27)17-6-4-5-16(15-17)21-10-9-20(28)22(31-21)32(19-7-2-1-3-8-19)23(33)30-18-11-13-29-14-12-18/h4-6,9-15,19H,1-3,7-8,28H2,(H,29,30,33). The predicted molar refractivity (Wildman–Crippen MR) is 122 cm³/mol. The smallest absolute Gasteiger partial charge is 0.396 e. The number of urea groups is 1. The van der Waals surface area contributed by atoms with Gasteiger partial charge in [-0.05, 0) is 49.2 Å². The van der Waals surface area contributed by atoms with Crippen molar-refractivity contribution in [1.29, 1.82) is 0 Å². The molecule has 9 heteroatoms. The number of nitrogens with one attached hydrogen (secondary N) is 1. The molecule has 1 fully saturated rings. The molecule has 1 aliphatic rings. The second-order valence-corrected chi connectivity index (χ2v) is 8.02. The molecule has 3 aromatic rings. The van der Waals surface area contributed by atoms with Crippen LogP contribution in [0.15, 0.2) is 60.9 Å². The molecule has 172 valence electrons. The number of nitrogens with zero attached hydrogens (tertiary/aromatic N) is 3. The van der Waals surface area contributed by atoms with E-state index in [2.05, 4.69) is 15.3 Å². The highest BCUT2D eigenvalue weighted by atomic mass is 19.4. The van der Waals surface area contributed by atoms with Gasteiger partial charge >= 0.3 is 12.2 Å². The first-order valence-corrected chi connectivity index (χ1v) is 10.8. The van der Waals surface area contributed by atoms with Crippen LogP contribution in [0, 0.1) is 0 Å². The molecule has 0 atom stereocenters. The molecule has 0 spiro atoms. The number of nitrogen functional groups attached to an aromatic ring is 1. The first-order chi connectivity index (χ1) is 15.8. The number of aromatic nitrogens is 2. The maximum Gasteiger partial charge on any atom is 0.416 e. The molecule has 1 aliphatic carbocycles. The van der Waals surface area contributed by atoms with Crippen molar-refractivity contribution in [3.05, 3.63) is 66.5 Å². The van der Waals surface area contributed by atoms with E-state index in [-0.39, 0.29) is 17.5 Å². The number of carbonyl (C=O) groups excluding carboxylic acids is 1. The lowest BCUT2D eigenvalue weighted by atomic mass is 9.94. The van der Waals surface area contributed by atoms with Crippen LogP contribution in [0.4, 0.5) is 35.2 Å². The molecule has 0 saturated heterocycles. The van der Waals surface area contributed by atoms with Crippen molar-refractivity contribution in [3.8, 4) is 11.3 Å². The Morgan fingerprint density at radius 3 is 2.45 bits per heavy atom. The van der Waals surface area contributed by atoms with Crippen molar-refractivity contribution >= 4 is 23.2 Å². The van der Waals surface area contributed by atoms with Gasteiger partial charge in [0.1, 0.15) is 0 Å². The average molecular weight is 455 g/mol. The highest BCUT2D eigenvalue weighted by Crippen LogP contribution is 2.35. The Morgan fingerprint density at radius 2 is 1.76 bits per heavy atom. The maximum absolute atomic E-state index is 13.3. The molecule has 0 aliphatic heterocycles. The van der Waals surface area contributed by atoms with Crippen molar-refractivity contribution in [2.24, 2.45) is 0 Å². The molecule has 6 nitrogen and oxygen atoms in total. The maximum atomic E-state index is 13.3. The first kappa shape index (κ1) is 22.6. The predicted octanol–water partition coefficient (Wildman–Crippen LogP) is 6.12. The normalized spacial score (nSPS) is 14.6. The van der Waals surface area contributed by atoms with Crippen LogP contribution in [0.3, 0.4) is 0 Å². The lowest BCUT2D eigenvalue weighted by Crippen LogP contribution is -2.45. The number of halogens is 3. The van der Waals surface area contributed by atoms with Gasteiger partial charge in [-0.3, -0.25) is 9.88 Å². The SMILES string of the molecule is Nc1ccc(-c2cccc(C(F)(F)F)c2)nc1N(C(=O)Nc1ccncc1)C1CCCCC1. The zero-order valence-corrected chi connectivity index (χ0v) is 17.8. The Morgan fingerprint density at radius 1 is 1.03 bits per heavy atom. The number of alkyl halides is 3. The number of amides is 2. The highest BCUT2D eigenvalue weighted by molar-refractivity contribution is 6.03. The van der Waals surface area contributed by atoms with Gasteiger partial charge in [-0.15, -0.1) is 0 Å². The van der Waals surface area contributed by atoms with Gasteiger partial charge in [-0.1, -0.05) is 31.4 Å². The van der Waals surface area contributed by atoms with E-state index in [0.29, 0.717) is 16.9 Å². The van der Waals surface area contributed by atoms with Crippen LogP contribution in [0.25, 0.3) is 11.3 Å². The number of anilines is 3. The van der Waals surface area contributed by atoms with E-state index in [1.807, 2.05) is 0 Å². The van der Waals surface area contributed by atoms with Gasteiger partial charge < -0.3 is 11.1 Å². The molecule has 2 aromatic heterocycles. The monoisotopic (exact) mass is 455 g/mol. The summed E-state index contributed by atoms with van der Waals surface area (Å²) in [5.41, 5.74) is 6.92. The summed E-state index contributed by atoms with van der Waals surface area (Å²) in [4.78, 5) is 23.4. The molecule has 0 bridgehead atoms. The van der Waals surface area contributed by atoms with Gasteiger partial charge in [0.05, 0.1) is 16.9 Å². The Bertz CT molecular complexity index is 1110. The van der Waals surface area contributed by atoms with Crippen molar-refractivity contribution in [1.82, 2.24) is 9.97 Å². The van der Waals surface area contributed by atoms with Gasteiger partial charge in [-0.2, -0.15) is 13.2 Å². The number of nitrogens with two attached hydrogens (primary N) is 1. The van der Waals surface area contributed by atoms with Crippen molar-refractivity contribution in [2.75, 3.05) is 16.0 Å². The average Bonchev–Trinajstić information content (AvgIpc) is 2.81. The first-order valence-electron chi connectivity index (χ1n) is 10.8. The highest BCUT2D eigenvalue weighted by Gasteiger charge is 2.32.